The van der Waals surface area contributed by atoms with Crippen LogP contribution in [-0.4, -0.2) is 47.2 Å². The number of ether oxygens (including phenoxy) is 1. The van der Waals surface area contributed by atoms with E-state index in [-0.39, 0.29) is 28.9 Å². The Morgan fingerprint density at radius 3 is 2.56 bits per heavy atom. The standard InChI is InChI=1S/C18H30N4O3S.HI/c1-2-20-18(21-11-3-13-25-14-16-4-5-16)22-12-10-15-6-8-17(9-7-15)26(19,23)24;/h6-9,16H,2-5,10-14H2,1H3,(H2,19,23,24)(H2,20,21,22);1H. The van der Waals surface area contributed by atoms with Gasteiger partial charge in [-0.25, -0.2) is 13.6 Å². The Hall–Kier alpha value is -0.910. The molecule has 7 nitrogen and oxygen atoms in total. The fraction of sp³-hybridized carbons (Fsp3) is 0.611. The zero-order valence-electron chi connectivity index (χ0n) is 15.8. The van der Waals surface area contributed by atoms with E-state index in [1.54, 1.807) is 12.1 Å². The van der Waals surface area contributed by atoms with Crippen LogP contribution in [0.3, 0.4) is 0 Å². The summed E-state index contributed by atoms with van der Waals surface area (Å²) in [6.45, 7) is 5.92. The Morgan fingerprint density at radius 1 is 1.26 bits per heavy atom. The molecule has 1 saturated carbocycles. The third-order valence-electron chi connectivity index (χ3n) is 4.07. The molecule has 1 aliphatic carbocycles. The van der Waals surface area contributed by atoms with E-state index in [1.165, 1.54) is 25.0 Å². The lowest BCUT2D eigenvalue weighted by Gasteiger charge is -2.11. The summed E-state index contributed by atoms with van der Waals surface area (Å²) < 4.78 is 28.1. The van der Waals surface area contributed by atoms with Crippen molar-refractivity contribution in [2.45, 2.75) is 37.5 Å². The molecular weight excluding hydrogens is 479 g/mol. The van der Waals surface area contributed by atoms with Crippen molar-refractivity contribution >= 4 is 40.0 Å². The molecule has 0 aromatic heterocycles. The molecule has 0 spiro atoms. The van der Waals surface area contributed by atoms with E-state index in [4.69, 9.17) is 9.88 Å². The molecule has 4 N–H and O–H groups in total. The van der Waals surface area contributed by atoms with Crippen molar-refractivity contribution in [3.05, 3.63) is 29.8 Å². The van der Waals surface area contributed by atoms with Gasteiger partial charge >= 0.3 is 0 Å². The molecule has 0 bridgehead atoms. The van der Waals surface area contributed by atoms with Crippen LogP contribution in [0.5, 0.6) is 0 Å². The summed E-state index contributed by atoms with van der Waals surface area (Å²) in [4.78, 5) is 4.67. The summed E-state index contributed by atoms with van der Waals surface area (Å²) in [5.74, 6) is 1.59. The molecule has 0 radical (unpaired) electrons. The lowest BCUT2D eigenvalue weighted by Crippen LogP contribution is -2.38. The van der Waals surface area contributed by atoms with Crippen LogP contribution in [-0.2, 0) is 21.2 Å². The first kappa shape index (κ1) is 24.1. The number of hydrogen-bond donors (Lipinski definition) is 3. The summed E-state index contributed by atoms with van der Waals surface area (Å²) >= 11 is 0. The molecule has 0 unspecified atom stereocenters. The second kappa shape index (κ2) is 12.5. The van der Waals surface area contributed by atoms with E-state index < -0.39 is 10.0 Å². The highest BCUT2D eigenvalue weighted by atomic mass is 127. The van der Waals surface area contributed by atoms with E-state index in [1.807, 2.05) is 6.92 Å². The lowest BCUT2D eigenvalue weighted by atomic mass is 10.1. The second-order valence-electron chi connectivity index (χ2n) is 6.50. The largest absolute Gasteiger partial charge is 0.381 e. The molecule has 0 saturated heterocycles. The van der Waals surface area contributed by atoms with Crippen LogP contribution in [0.2, 0.25) is 0 Å². The maximum absolute atomic E-state index is 11.3. The molecule has 9 heteroatoms. The number of nitrogens with two attached hydrogens (primary N) is 1. The minimum absolute atomic E-state index is 0. The minimum Gasteiger partial charge on any atom is -0.381 e. The molecule has 0 aliphatic heterocycles. The quantitative estimate of drug-likeness (QED) is 0.183. The number of guanidine groups is 1. The average molecular weight is 510 g/mol. The predicted octanol–water partition coefficient (Wildman–Crippen LogP) is 1.87. The van der Waals surface area contributed by atoms with Crippen LogP contribution in [0, 0.1) is 5.92 Å². The van der Waals surface area contributed by atoms with Crippen molar-refractivity contribution in [2.24, 2.45) is 16.0 Å². The van der Waals surface area contributed by atoms with Gasteiger partial charge in [-0.3, -0.25) is 4.99 Å². The fourth-order valence-electron chi connectivity index (χ4n) is 2.40. The Balaban J connectivity index is 0.00000364. The molecular formula is C18H31IN4O3S. The smallest absolute Gasteiger partial charge is 0.238 e. The van der Waals surface area contributed by atoms with Gasteiger partial charge in [0.2, 0.25) is 10.0 Å². The molecule has 27 heavy (non-hydrogen) atoms. The van der Waals surface area contributed by atoms with Crippen LogP contribution in [0.25, 0.3) is 0 Å². The number of benzene rings is 1. The zero-order chi connectivity index (χ0) is 18.8. The van der Waals surface area contributed by atoms with Crippen molar-refractivity contribution in [3.63, 3.8) is 0 Å². The number of rotatable bonds is 11. The van der Waals surface area contributed by atoms with Crippen molar-refractivity contribution in [1.82, 2.24) is 10.6 Å². The van der Waals surface area contributed by atoms with Gasteiger partial charge in [0.1, 0.15) is 0 Å². The number of halogens is 1. The molecule has 1 fully saturated rings. The third kappa shape index (κ3) is 10.3. The topological polar surface area (TPSA) is 106 Å². The van der Waals surface area contributed by atoms with Gasteiger partial charge < -0.3 is 15.4 Å². The van der Waals surface area contributed by atoms with Gasteiger partial charge in [0.25, 0.3) is 0 Å². The van der Waals surface area contributed by atoms with Gasteiger partial charge in [0, 0.05) is 32.8 Å². The van der Waals surface area contributed by atoms with Crippen LogP contribution >= 0.6 is 24.0 Å². The summed E-state index contributed by atoms with van der Waals surface area (Å²) in [5.41, 5.74) is 1.04. The first-order valence-electron chi connectivity index (χ1n) is 9.20. The number of primary sulfonamides is 1. The number of nitrogens with one attached hydrogen (secondary N) is 2. The molecule has 1 aromatic rings. The van der Waals surface area contributed by atoms with Gasteiger partial charge in [-0.05, 0) is 56.2 Å². The van der Waals surface area contributed by atoms with Crippen molar-refractivity contribution < 1.29 is 13.2 Å². The maximum atomic E-state index is 11.3. The first-order valence-corrected chi connectivity index (χ1v) is 10.8. The predicted molar refractivity (Wildman–Crippen MR) is 119 cm³/mol. The van der Waals surface area contributed by atoms with Gasteiger partial charge in [0.15, 0.2) is 5.96 Å². The van der Waals surface area contributed by atoms with Gasteiger partial charge in [0.05, 0.1) is 4.90 Å². The number of hydrogen-bond acceptors (Lipinski definition) is 4. The van der Waals surface area contributed by atoms with Crippen molar-refractivity contribution in [2.75, 3.05) is 32.8 Å². The van der Waals surface area contributed by atoms with Gasteiger partial charge in [-0.15, -0.1) is 24.0 Å². The normalized spacial score (nSPS) is 14.5. The minimum atomic E-state index is -3.63. The first-order chi connectivity index (χ1) is 12.5. The van der Waals surface area contributed by atoms with E-state index >= 15 is 0 Å². The van der Waals surface area contributed by atoms with Crippen LogP contribution in [0.1, 0.15) is 31.7 Å². The molecule has 2 rings (SSSR count). The number of aliphatic imine (C=N–C) groups is 1. The monoisotopic (exact) mass is 510 g/mol. The van der Waals surface area contributed by atoms with E-state index in [9.17, 15) is 8.42 Å². The van der Waals surface area contributed by atoms with Crippen molar-refractivity contribution in [3.8, 4) is 0 Å². The van der Waals surface area contributed by atoms with Crippen LogP contribution in [0.15, 0.2) is 34.2 Å². The molecule has 1 aliphatic rings. The Morgan fingerprint density at radius 2 is 1.96 bits per heavy atom. The number of nitrogens with zero attached hydrogens (tertiary/aromatic N) is 1. The molecule has 0 heterocycles. The molecule has 154 valence electrons. The summed E-state index contributed by atoms with van der Waals surface area (Å²) in [6, 6.07) is 6.63. The highest BCUT2D eigenvalue weighted by Gasteiger charge is 2.20. The summed E-state index contributed by atoms with van der Waals surface area (Å²) in [6.07, 6.45) is 4.31. The Kier molecular flexibility index (Phi) is 11.2. The fourth-order valence-corrected chi connectivity index (χ4v) is 2.92. The van der Waals surface area contributed by atoms with Crippen LogP contribution < -0.4 is 15.8 Å². The van der Waals surface area contributed by atoms with Gasteiger partial charge in [-0.2, -0.15) is 0 Å². The lowest BCUT2D eigenvalue weighted by molar-refractivity contribution is 0.123. The molecule has 1 aromatic carbocycles. The van der Waals surface area contributed by atoms with Gasteiger partial charge in [-0.1, -0.05) is 12.1 Å². The SMILES string of the molecule is CCNC(=NCCCOCC1CC1)NCCc1ccc(S(N)(=O)=O)cc1.I. The van der Waals surface area contributed by atoms with Crippen molar-refractivity contribution in [1.29, 1.82) is 0 Å². The summed E-state index contributed by atoms with van der Waals surface area (Å²) in [7, 11) is -3.63. The molecule has 0 amide bonds. The third-order valence-corrected chi connectivity index (χ3v) is 5.00. The van der Waals surface area contributed by atoms with E-state index in [0.29, 0.717) is 6.54 Å². The zero-order valence-corrected chi connectivity index (χ0v) is 19.0. The number of sulfonamides is 1. The highest BCUT2D eigenvalue weighted by Crippen LogP contribution is 2.28. The highest BCUT2D eigenvalue weighted by molar-refractivity contribution is 14.0. The summed E-state index contributed by atoms with van der Waals surface area (Å²) in [5, 5.41) is 11.6. The Bertz CT molecular complexity index is 676. The average Bonchev–Trinajstić information content (AvgIpc) is 3.42. The second-order valence-corrected chi connectivity index (χ2v) is 8.06. The maximum Gasteiger partial charge on any atom is 0.238 e. The van der Waals surface area contributed by atoms with E-state index in [0.717, 1.165) is 56.6 Å². The molecule has 0 atom stereocenters. The van der Waals surface area contributed by atoms with Crippen LogP contribution in [0.4, 0.5) is 0 Å². The van der Waals surface area contributed by atoms with E-state index in [2.05, 4.69) is 15.6 Å². The Labute approximate surface area is 179 Å².